The van der Waals surface area contributed by atoms with Gasteiger partial charge in [-0.25, -0.2) is 0 Å². The van der Waals surface area contributed by atoms with Crippen LogP contribution < -0.4 is 5.73 Å². The van der Waals surface area contributed by atoms with E-state index in [2.05, 4.69) is 4.74 Å². The monoisotopic (exact) mass is 239 g/mol. The summed E-state index contributed by atoms with van der Waals surface area (Å²) in [6.07, 6.45) is 0. The Hall–Kier alpha value is -1.33. The van der Waals surface area contributed by atoms with Crippen LogP contribution in [0.4, 0.5) is 0 Å². The summed E-state index contributed by atoms with van der Waals surface area (Å²) in [7, 11) is 1.27. The van der Waals surface area contributed by atoms with Gasteiger partial charge in [-0.05, 0) is 0 Å². The highest BCUT2D eigenvalue weighted by atomic mass is 32.2. The topological polar surface area (TPSA) is 69.4 Å². The van der Waals surface area contributed by atoms with Crippen molar-refractivity contribution < 1.29 is 14.3 Å². The Labute approximate surface area is 98.2 Å². The highest BCUT2D eigenvalue weighted by Crippen LogP contribution is 2.12. The van der Waals surface area contributed by atoms with Crippen molar-refractivity contribution in [3.63, 3.8) is 0 Å². The van der Waals surface area contributed by atoms with E-state index in [0.717, 1.165) is 11.8 Å². The van der Waals surface area contributed by atoms with Crippen LogP contribution in [0.1, 0.15) is 10.4 Å². The van der Waals surface area contributed by atoms with E-state index in [-0.39, 0.29) is 10.9 Å². The van der Waals surface area contributed by atoms with Crippen LogP contribution in [0.2, 0.25) is 0 Å². The van der Waals surface area contributed by atoms with Crippen molar-refractivity contribution in [3.8, 4) is 0 Å². The number of thioether (sulfide) groups is 1. The molecule has 0 saturated heterocycles. The minimum absolute atomic E-state index is 0.0973. The van der Waals surface area contributed by atoms with Crippen molar-refractivity contribution >= 4 is 22.8 Å². The summed E-state index contributed by atoms with van der Waals surface area (Å²) in [6.45, 7) is 0. The van der Waals surface area contributed by atoms with Gasteiger partial charge < -0.3 is 10.5 Å². The van der Waals surface area contributed by atoms with Gasteiger partial charge in [0, 0.05) is 11.3 Å². The Kier molecular flexibility index (Phi) is 5.01. The minimum Gasteiger partial charge on any atom is -0.468 e. The maximum Gasteiger partial charge on any atom is 0.323 e. The molecule has 0 aliphatic carbocycles. The lowest BCUT2D eigenvalue weighted by atomic mass is 10.2. The number of esters is 1. The molecule has 1 aromatic rings. The van der Waals surface area contributed by atoms with Crippen LogP contribution in [-0.2, 0) is 9.53 Å². The fourth-order valence-corrected chi connectivity index (χ4v) is 1.81. The number of hydrogen-bond donors (Lipinski definition) is 1. The molecule has 1 aromatic carbocycles. The standard InChI is InChI=1S/C11H13NO3S/c1-15-10(13)9(12)7-16-11(14)8-5-3-2-4-6-8/h2-6,9H,7,12H2,1H3/t9-/m0/s1. The first-order valence-corrected chi connectivity index (χ1v) is 5.69. The van der Waals surface area contributed by atoms with Gasteiger partial charge in [0.2, 0.25) is 5.12 Å². The third-order valence-corrected chi connectivity index (χ3v) is 2.93. The number of carbonyl (C=O) groups excluding carboxylic acids is 2. The summed E-state index contributed by atoms with van der Waals surface area (Å²) in [6, 6.07) is 8.09. The Morgan fingerprint density at radius 3 is 2.56 bits per heavy atom. The lowest BCUT2D eigenvalue weighted by Gasteiger charge is -2.07. The Morgan fingerprint density at radius 1 is 1.38 bits per heavy atom. The number of benzene rings is 1. The molecule has 0 amide bonds. The van der Waals surface area contributed by atoms with E-state index < -0.39 is 12.0 Å². The molecule has 0 aliphatic heterocycles. The van der Waals surface area contributed by atoms with Crippen molar-refractivity contribution in [1.29, 1.82) is 0 Å². The van der Waals surface area contributed by atoms with Gasteiger partial charge in [0.25, 0.3) is 0 Å². The average Bonchev–Trinajstić information content (AvgIpc) is 2.35. The number of nitrogens with two attached hydrogens (primary N) is 1. The van der Waals surface area contributed by atoms with Gasteiger partial charge in [0.15, 0.2) is 0 Å². The maximum atomic E-state index is 11.6. The van der Waals surface area contributed by atoms with Crippen LogP contribution in [0.5, 0.6) is 0 Å². The predicted octanol–water partition coefficient (Wildman–Crippen LogP) is 1.06. The second-order valence-electron chi connectivity index (χ2n) is 3.09. The van der Waals surface area contributed by atoms with Gasteiger partial charge in [0.05, 0.1) is 7.11 Å². The first-order valence-electron chi connectivity index (χ1n) is 4.70. The van der Waals surface area contributed by atoms with Gasteiger partial charge in [-0.15, -0.1) is 0 Å². The highest BCUT2D eigenvalue weighted by Gasteiger charge is 2.16. The number of ether oxygens (including phenoxy) is 1. The summed E-state index contributed by atoms with van der Waals surface area (Å²) in [5.41, 5.74) is 6.11. The van der Waals surface area contributed by atoms with Crippen molar-refractivity contribution in [1.82, 2.24) is 0 Å². The second-order valence-corrected chi connectivity index (χ2v) is 4.09. The van der Waals surface area contributed by atoms with Crippen LogP contribution in [0.3, 0.4) is 0 Å². The summed E-state index contributed by atoms with van der Waals surface area (Å²) in [5.74, 6) is -0.284. The van der Waals surface area contributed by atoms with Crippen LogP contribution in [0, 0.1) is 0 Å². The van der Waals surface area contributed by atoms with E-state index in [1.54, 1.807) is 24.3 Å². The van der Waals surface area contributed by atoms with E-state index in [1.165, 1.54) is 7.11 Å². The van der Waals surface area contributed by atoms with Gasteiger partial charge in [-0.1, -0.05) is 42.1 Å². The van der Waals surface area contributed by atoms with Gasteiger partial charge in [-0.2, -0.15) is 0 Å². The molecule has 2 N–H and O–H groups in total. The molecule has 86 valence electrons. The molecule has 0 fully saturated rings. The maximum absolute atomic E-state index is 11.6. The molecule has 0 bridgehead atoms. The van der Waals surface area contributed by atoms with Crippen molar-refractivity contribution in [2.24, 2.45) is 5.73 Å². The highest BCUT2D eigenvalue weighted by molar-refractivity contribution is 8.14. The minimum atomic E-state index is -0.761. The van der Waals surface area contributed by atoms with Crippen molar-refractivity contribution in [2.75, 3.05) is 12.9 Å². The molecule has 0 aromatic heterocycles. The molecule has 0 saturated carbocycles. The summed E-state index contributed by atoms with van der Waals surface area (Å²) >= 11 is 1.02. The van der Waals surface area contributed by atoms with Crippen LogP contribution in [0.25, 0.3) is 0 Å². The quantitative estimate of drug-likeness (QED) is 0.796. The number of rotatable bonds is 4. The van der Waals surface area contributed by atoms with Crippen molar-refractivity contribution in [2.45, 2.75) is 6.04 Å². The van der Waals surface area contributed by atoms with Gasteiger partial charge >= 0.3 is 5.97 Å². The third kappa shape index (κ3) is 3.67. The lowest BCUT2D eigenvalue weighted by Crippen LogP contribution is -2.34. The first kappa shape index (κ1) is 12.7. The van der Waals surface area contributed by atoms with Gasteiger partial charge in [0.1, 0.15) is 6.04 Å². The lowest BCUT2D eigenvalue weighted by molar-refractivity contribution is -0.141. The predicted molar refractivity (Wildman–Crippen MR) is 63.2 cm³/mol. The molecule has 16 heavy (non-hydrogen) atoms. The molecule has 0 unspecified atom stereocenters. The zero-order chi connectivity index (χ0) is 12.0. The Balaban J connectivity index is 2.45. The number of methoxy groups -OCH3 is 1. The second kappa shape index (κ2) is 6.30. The molecule has 1 rings (SSSR count). The third-order valence-electron chi connectivity index (χ3n) is 1.91. The van der Waals surface area contributed by atoms with Crippen LogP contribution >= 0.6 is 11.8 Å². The molecule has 0 heterocycles. The van der Waals surface area contributed by atoms with E-state index >= 15 is 0 Å². The molecular weight excluding hydrogens is 226 g/mol. The molecular formula is C11H13NO3S. The van der Waals surface area contributed by atoms with Crippen LogP contribution in [0.15, 0.2) is 30.3 Å². The fourth-order valence-electron chi connectivity index (χ4n) is 1.04. The van der Waals surface area contributed by atoms with E-state index in [9.17, 15) is 9.59 Å². The van der Waals surface area contributed by atoms with E-state index in [1.807, 2.05) is 6.07 Å². The summed E-state index contributed by atoms with van der Waals surface area (Å²) in [4.78, 5) is 22.6. The molecule has 1 atom stereocenters. The normalized spacial score (nSPS) is 11.9. The number of carbonyl (C=O) groups is 2. The number of hydrogen-bond acceptors (Lipinski definition) is 5. The molecule has 4 nitrogen and oxygen atoms in total. The van der Waals surface area contributed by atoms with E-state index in [4.69, 9.17) is 5.73 Å². The summed E-state index contributed by atoms with van der Waals surface area (Å²) < 4.78 is 4.46. The largest absolute Gasteiger partial charge is 0.468 e. The first-order chi connectivity index (χ1) is 7.65. The fraction of sp³-hybridized carbons (Fsp3) is 0.273. The van der Waals surface area contributed by atoms with E-state index in [0.29, 0.717) is 5.56 Å². The molecule has 0 radical (unpaired) electrons. The molecule has 5 heteroatoms. The zero-order valence-electron chi connectivity index (χ0n) is 8.88. The Morgan fingerprint density at radius 2 is 2.00 bits per heavy atom. The molecule has 0 spiro atoms. The average molecular weight is 239 g/mol. The molecule has 0 aliphatic rings. The zero-order valence-corrected chi connectivity index (χ0v) is 9.70. The SMILES string of the molecule is COC(=O)[C@@H](N)CSC(=O)c1ccccc1. The van der Waals surface area contributed by atoms with Gasteiger partial charge in [-0.3, -0.25) is 9.59 Å². The Bertz CT molecular complexity index is 367. The van der Waals surface area contributed by atoms with Crippen molar-refractivity contribution in [3.05, 3.63) is 35.9 Å². The van der Waals surface area contributed by atoms with Crippen LogP contribution in [-0.4, -0.2) is 30.0 Å². The summed E-state index contributed by atoms with van der Waals surface area (Å²) in [5, 5.41) is -0.0973. The smallest absolute Gasteiger partial charge is 0.323 e.